The summed E-state index contributed by atoms with van der Waals surface area (Å²) in [6.45, 7) is 3.84. The topological polar surface area (TPSA) is 31.2 Å². The summed E-state index contributed by atoms with van der Waals surface area (Å²) >= 11 is 5.20. The number of unbranched alkanes of at least 4 members (excludes halogenated alkanes) is 1. The van der Waals surface area contributed by atoms with Gasteiger partial charge in [0.25, 0.3) is 0 Å². The quantitative estimate of drug-likeness (QED) is 0.310. The molecule has 0 spiro atoms. The maximum atomic E-state index is 12.7. The van der Waals surface area contributed by atoms with Crippen molar-refractivity contribution in [3.8, 4) is 0 Å². The van der Waals surface area contributed by atoms with Crippen LogP contribution in [0.25, 0.3) is 5.57 Å². The molecule has 154 valence electrons. The van der Waals surface area contributed by atoms with E-state index >= 15 is 0 Å². The smallest absolute Gasteiger partial charge is 0.335 e. The van der Waals surface area contributed by atoms with Crippen molar-refractivity contribution in [2.24, 2.45) is 5.41 Å². The molecule has 4 heteroatoms. The summed E-state index contributed by atoms with van der Waals surface area (Å²) in [5.74, 6) is -0.278. The molecule has 0 aliphatic rings. The van der Waals surface area contributed by atoms with Gasteiger partial charge >= 0.3 is 5.97 Å². The Hall–Kier alpha value is -2.98. The number of nitrogens with zero attached hydrogens (tertiary/aromatic N) is 1. The Bertz CT molecular complexity index is 1010. The van der Waals surface area contributed by atoms with Crippen LogP contribution in [0.15, 0.2) is 91.1 Å². The van der Waals surface area contributed by atoms with Gasteiger partial charge in [0, 0.05) is 6.20 Å². The first-order valence-corrected chi connectivity index (χ1v) is 10.6. The summed E-state index contributed by atoms with van der Waals surface area (Å²) < 4.78 is 1.82. The highest BCUT2D eigenvalue weighted by atomic mass is 32.1. The molecule has 0 bridgehead atoms. The van der Waals surface area contributed by atoms with Crippen LogP contribution in [-0.2, 0) is 4.79 Å². The molecular formula is C26H27NO2S. The van der Waals surface area contributed by atoms with Gasteiger partial charge in [-0.15, -0.1) is 0 Å². The summed E-state index contributed by atoms with van der Waals surface area (Å²) in [6, 6.07) is 26.1. The molecule has 1 aromatic heterocycles. The number of allylic oxidation sites excluding steroid dienone is 1. The van der Waals surface area contributed by atoms with Gasteiger partial charge in [-0.2, -0.15) is 4.73 Å². The normalized spacial score (nSPS) is 11.0. The first kappa shape index (κ1) is 21.7. The average Bonchev–Trinajstić information content (AvgIpc) is 2.76. The van der Waals surface area contributed by atoms with Crippen molar-refractivity contribution in [1.82, 2.24) is 4.73 Å². The van der Waals surface area contributed by atoms with Crippen LogP contribution in [0.2, 0.25) is 0 Å². The molecule has 0 saturated carbocycles. The van der Waals surface area contributed by atoms with Crippen LogP contribution < -0.4 is 4.84 Å². The fraction of sp³-hybridized carbons (Fsp3) is 0.231. The van der Waals surface area contributed by atoms with E-state index in [1.807, 2.05) is 32.0 Å². The monoisotopic (exact) mass is 417 g/mol. The SMILES string of the molecule is CC(C)(CCCC=C(c1ccccc1)c1ccccc1)C(=O)On1ccccc1=S. The number of pyridine rings is 1. The minimum absolute atomic E-state index is 0.278. The molecule has 2 aromatic carbocycles. The van der Waals surface area contributed by atoms with Crippen LogP contribution in [0.1, 0.15) is 44.2 Å². The maximum Gasteiger partial charge on any atom is 0.338 e. The van der Waals surface area contributed by atoms with Gasteiger partial charge in [-0.05, 0) is 61.9 Å². The molecule has 0 saturated heterocycles. The Morgan fingerprint density at radius 3 is 2.07 bits per heavy atom. The van der Waals surface area contributed by atoms with E-state index in [1.54, 1.807) is 18.3 Å². The van der Waals surface area contributed by atoms with E-state index in [2.05, 4.69) is 54.6 Å². The van der Waals surface area contributed by atoms with Crippen molar-refractivity contribution in [3.05, 3.63) is 107 Å². The van der Waals surface area contributed by atoms with Gasteiger partial charge in [-0.25, -0.2) is 4.79 Å². The highest BCUT2D eigenvalue weighted by molar-refractivity contribution is 7.71. The van der Waals surface area contributed by atoms with E-state index < -0.39 is 5.41 Å². The van der Waals surface area contributed by atoms with Crippen molar-refractivity contribution < 1.29 is 9.63 Å². The minimum atomic E-state index is -0.599. The van der Waals surface area contributed by atoms with E-state index in [0.717, 1.165) is 19.3 Å². The molecule has 0 N–H and O–H groups in total. The van der Waals surface area contributed by atoms with Crippen molar-refractivity contribution >= 4 is 23.8 Å². The van der Waals surface area contributed by atoms with Gasteiger partial charge in [0.1, 0.15) is 4.64 Å². The number of hydrogen-bond donors (Lipinski definition) is 0. The first-order valence-electron chi connectivity index (χ1n) is 10.2. The molecule has 1 heterocycles. The third-order valence-corrected chi connectivity index (χ3v) is 5.36. The highest BCUT2D eigenvalue weighted by Gasteiger charge is 2.29. The molecule has 30 heavy (non-hydrogen) atoms. The lowest BCUT2D eigenvalue weighted by atomic mass is 9.87. The van der Waals surface area contributed by atoms with Gasteiger partial charge in [-0.3, -0.25) is 0 Å². The molecule has 0 aliphatic heterocycles. The van der Waals surface area contributed by atoms with Gasteiger partial charge in [0.15, 0.2) is 0 Å². The van der Waals surface area contributed by atoms with E-state index in [4.69, 9.17) is 17.1 Å². The zero-order chi connectivity index (χ0) is 21.4. The Balaban J connectivity index is 1.66. The van der Waals surface area contributed by atoms with Crippen molar-refractivity contribution in [2.45, 2.75) is 33.1 Å². The third-order valence-electron chi connectivity index (χ3n) is 5.05. The van der Waals surface area contributed by atoms with Gasteiger partial charge in [0.05, 0.1) is 5.41 Å². The number of aromatic nitrogens is 1. The molecule has 3 aromatic rings. The summed E-state index contributed by atoms with van der Waals surface area (Å²) in [6.07, 6.45) is 6.40. The van der Waals surface area contributed by atoms with E-state index in [9.17, 15) is 4.79 Å². The molecule has 0 fully saturated rings. The largest absolute Gasteiger partial charge is 0.338 e. The fourth-order valence-corrected chi connectivity index (χ4v) is 3.41. The Morgan fingerprint density at radius 1 is 0.933 bits per heavy atom. The summed E-state index contributed by atoms with van der Waals surface area (Å²) in [4.78, 5) is 18.1. The van der Waals surface area contributed by atoms with E-state index in [0.29, 0.717) is 4.64 Å². The minimum Gasteiger partial charge on any atom is -0.335 e. The number of rotatable bonds is 8. The molecule has 0 atom stereocenters. The summed E-state index contributed by atoms with van der Waals surface area (Å²) in [5.41, 5.74) is 3.01. The Labute approximate surface area is 183 Å². The lowest BCUT2D eigenvalue weighted by Crippen LogP contribution is -2.33. The first-order chi connectivity index (χ1) is 14.5. The lowest BCUT2D eigenvalue weighted by Gasteiger charge is -2.22. The van der Waals surface area contributed by atoms with Crippen molar-refractivity contribution in [3.63, 3.8) is 0 Å². The van der Waals surface area contributed by atoms with Crippen LogP contribution in [0.4, 0.5) is 0 Å². The molecule has 0 radical (unpaired) electrons. The van der Waals surface area contributed by atoms with Crippen LogP contribution in [0.5, 0.6) is 0 Å². The highest BCUT2D eigenvalue weighted by Crippen LogP contribution is 2.27. The third kappa shape index (κ3) is 5.77. The predicted molar refractivity (Wildman–Crippen MR) is 124 cm³/mol. The van der Waals surface area contributed by atoms with E-state index in [-0.39, 0.29) is 5.97 Å². The Kier molecular flexibility index (Phi) is 7.36. The molecule has 0 unspecified atom stereocenters. The van der Waals surface area contributed by atoms with Crippen LogP contribution in [0, 0.1) is 10.1 Å². The second-order valence-electron chi connectivity index (χ2n) is 7.87. The van der Waals surface area contributed by atoms with E-state index in [1.165, 1.54) is 21.4 Å². The lowest BCUT2D eigenvalue weighted by molar-refractivity contribution is -0.155. The van der Waals surface area contributed by atoms with Crippen LogP contribution in [-0.4, -0.2) is 10.7 Å². The molecule has 3 rings (SSSR count). The average molecular weight is 418 g/mol. The second-order valence-corrected chi connectivity index (χ2v) is 8.29. The van der Waals surface area contributed by atoms with Gasteiger partial charge in [0.2, 0.25) is 0 Å². The molecule has 0 aliphatic carbocycles. The number of carbonyl (C=O) groups is 1. The summed E-state index contributed by atoms with van der Waals surface area (Å²) in [5, 5.41) is 0. The number of benzene rings is 2. The Morgan fingerprint density at radius 2 is 1.50 bits per heavy atom. The molecule has 3 nitrogen and oxygen atoms in total. The zero-order valence-electron chi connectivity index (χ0n) is 17.5. The molecule has 0 amide bonds. The second kappa shape index (κ2) is 10.2. The predicted octanol–water partition coefficient (Wildman–Crippen LogP) is 6.50. The van der Waals surface area contributed by atoms with Crippen LogP contribution >= 0.6 is 12.2 Å². The fourth-order valence-electron chi connectivity index (χ4n) is 3.23. The van der Waals surface area contributed by atoms with Crippen molar-refractivity contribution in [2.75, 3.05) is 0 Å². The zero-order valence-corrected chi connectivity index (χ0v) is 18.3. The van der Waals surface area contributed by atoms with Crippen LogP contribution in [0.3, 0.4) is 0 Å². The molecular weight excluding hydrogens is 390 g/mol. The number of hydrogen-bond acceptors (Lipinski definition) is 3. The van der Waals surface area contributed by atoms with Crippen molar-refractivity contribution in [1.29, 1.82) is 0 Å². The summed E-state index contributed by atoms with van der Waals surface area (Å²) in [7, 11) is 0. The number of carbonyl (C=O) groups excluding carboxylic acids is 1. The maximum absolute atomic E-state index is 12.7. The van der Waals surface area contributed by atoms with Gasteiger partial charge < -0.3 is 4.84 Å². The standard InChI is InChI=1S/C26H27NO2S/c1-26(2,25(28)29-27-20-12-10-18-24(27)30)19-11-9-17-23(21-13-5-3-6-14-21)22-15-7-4-8-16-22/h3-8,10,12-18,20H,9,11,19H2,1-2H3. The van der Waals surface area contributed by atoms with Gasteiger partial charge in [-0.1, -0.05) is 85.0 Å².